The average Bonchev–Trinajstić information content (AvgIpc) is 3.34. The number of aryl methyl sites for hydroxylation is 2. The Morgan fingerprint density at radius 3 is 2.18 bits per heavy atom. The first kappa shape index (κ1) is 20.2. The van der Waals surface area contributed by atoms with Crippen LogP contribution in [0.25, 0.3) is 32.2 Å². The van der Waals surface area contributed by atoms with E-state index in [4.69, 9.17) is 0 Å². The van der Waals surface area contributed by atoms with Crippen molar-refractivity contribution in [3.8, 4) is 11.3 Å². The Balaban J connectivity index is 0.000000161. The fourth-order valence-electron chi connectivity index (χ4n) is 2.92. The van der Waals surface area contributed by atoms with Crippen molar-refractivity contribution in [3.05, 3.63) is 82.1 Å². The van der Waals surface area contributed by atoms with Crippen LogP contribution in [-0.2, 0) is 0 Å². The second kappa shape index (κ2) is 9.58. The van der Waals surface area contributed by atoms with Gasteiger partial charge in [-0.3, -0.25) is 0 Å². The molecule has 5 aromatic rings. The number of rotatable bonds is 1. The van der Waals surface area contributed by atoms with Crippen molar-refractivity contribution < 1.29 is 0 Å². The van der Waals surface area contributed by atoms with E-state index in [0.29, 0.717) is 0 Å². The molecule has 2 heterocycles. The molecule has 0 N–H and O–H groups in total. The molecule has 2 aromatic heterocycles. The molecule has 3 aromatic carbocycles. The van der Waals surface area contributed by atoms with E-state index in [0.717, 1.165) is 21.2 Å². The SMILES string of the molecule is CC.Cc1nc(-c2cccc3ccccc23)cs1.Cc1nc2ccccc2s1. The number of thiazole rings is 2. The second-order valence-corrected chi connectivity index (χ2v) is 8.28. The van der Waals surface area contributed by atoms with E-state index in [1.165, 1.54) is 21.0 Å². The predicted octanol–water partition coefficient (Wildman–Crippen LogP) is 7.90. The summed E-state index contributed by atoms with van der Waals surface area (Å²) in [6.07, 6.45) is 0. The Bertz CT molecular complexity index is 1130. The highest BCUT2D eigenvalue weighted by Crippen LogP contribution is 2.29. The minimum atomic E-state index is 1.08. The maximum Gasteiger partial charge on any atom is 0.0907 e. The van der Waals surface area contributed by atoms with Crippen LogP contribution in [0.4, 0.5) is 0 Å². The zero-order chi connectivity index (χ0) is 19.9. The van der Waals surface area contributed by atoms with Crippen LogP contribution in [0.3, 0.4) is 0 Å². The Kier molecular flexibility index (Phi) is 6.90. The lowest BCUT2D eigenvalue weighted by molar-refractivity contribution is 1.30. The van der Waals surface area contributed by atoms with E-state index in [-0.39, 0.29) is 0 Å². The van der Waals surface area contributed by atoms with Crippen molar-refractivity contribution in [1.29, 1.82) is 0 Å². The molecule has 0 amide bonds. The average molecular weight is 405 g/mol. The summed E-state index contributed by atoms with van der Waals surface area (Å²) in [4.78, 5) is 8.88. The van der Waals surface area contributed by atoms with E-state index in [2.05, 4.69) is 63.9 Å². The number of hydrogen-bond donors (Lipinski definition) is 0. The van der Waals surface area contributed by atoms with Crippen LogP contribution in [0, 0.1) is 13.8 Å². The Morgan fingerprint density at radius 2 is 1.43 bits per heavy atom. The van der Waals surface area contributed by atoms with Gasteiger partial charge in [-0.05, 0) is 36.8 Å². The van der Waals surface area contributed by atoms with Gasteiger partial charge in [0.05, 0.1) is 25.9 Å². The van der Waals surface area contributed by atoms with Crippen LogP contribution >= 0.6 is 22.7 Å². The third kappa shape index (κ3) is 4.64. The smallest absolute Gasteiger partial charge is 0.0907 e. The van der Waals surface area contributed by atoms with Gasteiger partial charge in [-0.25, -0.2) is 9.97 Å². The second-order valence-electron chi connectivity index (χ2n) is 5.98. The van der Waals surface area contributed by atoms with Gasteiger partial charge in [0.25, 0.3) is 0 Å². The third-order valence-electron chi connectivity index (χ3n) is 4.09. The first-order chi connectivity index (χ1) is 13.7. The van der Waals surface area contributed by atoms with Crippen LogP contribution < -0.4 is 0 Å². The minimum absolute atomic E-state index is 1.08. The Morgan fingerprint density at radius 1 is 0.714 bits per heavy atom. The molecule has 142 valence electrons. The maximum absolute atomic E-state index is 4.55. The topological polar surface area (TPSA) is 25.8 Å². The normalized spacial score (nSPS) is 10.1. The molecule has 0 aliphatic carbocycles. The summed E-state index contributed by atoms with van der Waals surface area (Å²) < 4.78 is 1.28. The van der Waals surface area contributed by atoms with Gasteiger partial charge >= 0.3 is 0 Å². The van der Waals surface area contributed by atoms with Crippen LogP contribution in [0.15, 0.2) is 72.1 Å². The predicted molar refractivity (Wildman–Crippen MR) is 125 cm³/mol. The summed E-state index contributed by atoms with van der Waals surface area (Å²) >= 11 is 3.44. The highest BCUT2D eigenvalue weighted by atomic mass is 32.1. The highest BCUT2D eigenvalue weighted by Gasteiger charge is 2.05. The van der Waals surface area contributed by atoms with E-state index >= 15 is 0 Å². The molecular weight excluding hydrogens is 380 g/mol. The molecule has 0 atom stereocenters. The molecule has 0 bridgehead atoms. The first-order valence-corrected chi connectivity index (χ1v) is 11.1. The molecule has 5 rings (SSSR count). The van der Waals surface area contributed by atoms with Crippen LogP contribution in [-0.4, -0.2) is 9.97 Å². The molecule has 0 aliphatic heterocycles. The molecule has 0 radical (unpaired) electrons. The van der Waals surface area contributed by atoms with Gasteiger partial charge in [0.2, 0.25) is 0 Å². The third-order valence-corrected chi connectivity index (χ3v) is 5.81. The number of nitrogens with zero attached hydrogens (tertiary/aromatic N) is 2. The Labute approximate surface area is 174 Å². The fourth-order valence-corrected chi connectivity index (χ4v) is 4.36. The van der Waals surface area contributed by atoms with Crippen LogP contribution in [0.2, 0.25) is 0 Å². The maximum atomic E-state index is 4.55. The number of fused-ring (bicyclic) bond motifs is 2. The Hall–Kier alpha value is -2.56. The quantitative estimate of drug-likeness (QED) is 0.284. The molecule has 2 nitrogen and oxygen atoms in total. The number of para-hydroxylation sites is 1. The van der Waals surface area contributed by atoms with Crippen molar-refractivity contribution in [2.24, 2.45) is 0 Å². The van der Waals surface area contributed by atoms with Crippen molar-refractivity contribution in [2.45, 2.75) is 27.7 Å². The number of benzene rings is 3. The lowest BCUT2D eigenvalue weighted by Crippen LogP contribution is -1.81. The highest BCUT2D eigenvalue weighted by molar-refractivity contribution is 7.18. The summed E-state index contributed by atoms with van der Waals surface area (Å²) in [6, 6.07) is 23.0. The molecule has 4 heteroatoms. The number of aromatic nitrogens is 2. The summed E-state index contributed by atoms with van der Waals surface area (Å²) in [6.45, 7) is 8.07. The van der Waals surface area contributed by atoms with Gasteiger partial charge in [0.15, 0.2) is 0 Å². The van der Waals surface area contributed by atoms with Gasteiger partial charge in [0, 0.05) is 10.9 Å². The molecule has 0 spiro atoms. The van der Waals surface area contributed by atoms with Crippen LogP contribution in [0.1, 0.15) is 23.9 Å². The standard InChI is InChI=1S/C14H11NS.C8H7NS.C2H6/c1-10-15-14(9-16-10)13-8-4-6-11-5-2-3-7-12(11)13;1-6-9-7-4-2-3-5-8(7)10-6;1-2/h2-9H,1H3;2-5H,1H3;1-2H3. The lowest BCUT2D eigenvalue weighted by atomic mass is 10.0. The van der Waals surface area contributed by atoms with Crippen molar-refractivity contribution in [1.82, 2.24) is 9.97 Å². The van der Waals surface area contributed by atoms with Gasteiger partial charge in [-0.1, -0.05) is 68.4 Å². The molecule has 0 saturated carbocycles. The van der Waals surface area contributed by atoms with Gasteiger partial charge in [0.1, 0.15) is 0 Å². The molecule has 0 aliphatic rings. The van der Waals surface area contributed by atoms with E-state index in [9.17, 15) is 0 Å². The molecular formula is C24H24N2S2. The van der Waals surface area contributed by atoms with Gasteiger partial charge in [-0.15, -0.1) is 22.7 Å². The minimum Gasteiger partial charge on any atom is -0.242 e. The summed E-state index contributed by atoms with van der Waals surface area (Å²) in [5.74, 6) is 0. The summed E-state index contributed by atoms with van der Waals surface area (Å²) in [7, 11) is 0. The lowest BCUT2D eigenvalue weighted by Gasteiger charge is -2.03. The molecule has 28 heavy (non-hydrogen) atoms. The van der Waals surface area contributed by atoms with E-state index in [1.807, 2.05) is 45.9 Å². The molecule has 0 fully saturated rings. The molecule has 0 unspecified atom stereocenters. The molecule has 0 saturated heterocycles. The zero-order valence-corrected chi connectivity index (χ0v) is 18.3. The van der Waals surface area contributed by atoms with Gasteiger partial charge in [-0.2, -0.15) is 0 Å². The van der Waals surface area contributed by atoms with Crippen molar-refractivity contribution in [2.75, 3.05) is 0 Å². The summed E-state index contributed by atoms with van der Waals surface area (Å²) in [5.41, 5.74) is 3.42. The largest absolute Gasteiger partial charge is 0.242 e. The van der Waals surface area contributed by atoms with Crippen molar-refractivity contribution >= 4 is 43.7 Å². The number of hydrogen-bond acceptors (Lipinski definition) is 4. The fraction of sp³-hybridized carbons (Fsp3) is 0.167. The monoisotopic (exact) mass is 404 g/mol. The van der Waals surface area contributed by atoms with E-state index < -0.39 is 0 Å². The van der Waals surface area contributed by atoms with Crippen LogP contribution in [0.5, 0.6) is 0 Å². The summed E-state index contributed by atoms with van der Waals surface area (Å²) in [5, 5.41) is 6.92. The van der Waals surface area contributed by atoms with Crippen molar-refractivity contribution in [3.63, 3.8) is 0 Å². The van der Waals surface area contributed by atoms with Gasteiger partial charge < -0.3 is 0 Å². The van der Waals surface area contributed by atoms with E-state index in [1.54, 1.807) is 22.7 Å². The first-order valence-electron chi connectivity index (χ1n) is 9.43. The zero-order valence-electron chi connectivity index (χ0n) is 16.6.